The highest BCUT2D eigenvalue weighted by molar-refractivity contribution is 5.99. The van der Waals surface area contributed by atoms with Crippen LogP contribution in [0.2, 0.25) is 0 Å². The summed E-state index contributed by atoms with van der Waals surface area (Å²) >= 11 is 0. The zero-order chi connectivity index (χ0) is 14.0. The molecule has 1 amide bonds. The van der Waals surface area contributed by atoms with Crippen molar-refractivity contribution in [2.75, 3.05) is 18.5 Å². The standard InChI is InChI=1S/C15H17N3O2.2ClH/c16-15(5-7-20-8-6-15)14(19)18-12-9-11-3-1-2-4-13(11)17-10-12;;/h1-4,9-10H,5-8,16H2,(H,18,19);2*1H. The van der Waals surface area contributed by atoms with Crippen LogP contribution in [0.3, 0.4) is 0 Å². The second kappa shape index (κ2) is 7.74. The molecule has 3 N–H and O–H groups in total. The SMILES string of the molecule is Cl.Cl.NC1(C(=O)Nc2cnc3ccccc3c2)CCOCC1. The van der Waals surface area contributed by atoms with E-state index >= 15 is 0 Å². The Hall–Kier alpha value is -1.40. The van der Waals surface area contributed by atoms with Gasteiger partial charge in [-0.1, -0.05) is 18.2 Å². The molecule has 1 aromatic heterocycles. The molecule has 120 valence electrons. The topological polar surface area (TPSA) is 77.2 Å². The van der Waals surface area contributed by atoms with E-state index in [-0.39, 0.29) is 30.7 Å². The summed E-state index contributed by atoms with van der Waals surface area (Å²) in [6.45, 7) is 1.06. The van der Waals surface area contributed by atoms with Gasteiger partial charge in [0.15, 0.2) is 0 Å². The van der Waals surface area contributed by atoms with Crippen molar-refractivity contribution >= 4 is 47.3 Å². The molecule has 0 bridgehead atoms. The normalized spacial score (nSPS) is 16.2. The van der Waals surface area contributed by atoms with Gasteiger partial charge in [-0.15, -0.1) is 24.8 Å². The quantitative estimate of drug-likeness (QED) is 0.878. The summed E-state index contributed by atoms with van der Waals surface area (Å²) in [7, 11) is 0. The highest BCUT2D eigenvalue weighted by Crippen LogP contribution is 2.21. The largest absolute Gasteiger partial charge is 0.381 e. The number of nitrogens with zero attached hydrogens (tertiary/aromatic N) is 1. The van der Waals surface area contributed by atoms with Gasteiger partial charge in [0, 0.05) is 18.6 Å². The van der Waals surface area contributed by atoms with Crippen molar-refractivity contribution in [1.82, 2.24) is 4.98 Å². The lowest BCUT2D eigenvalue weighted by Gasteiger charge is -2.31. The van der Waals surface area contributed by atoms with Crippen LogP contribution in [0.5, 0.6) is 0 Å². The Bertz CT molecular complexity index is 645. The van der Waals surface area contributed by atoms with Gasteiger partial charge < -0.3 is 15.8 Å². The van der Waals surface area contributed by atoms with Gasteiger partial charge in [-0.05, 0) is 25.0 Å². The lowest BCUT2D eigenvalue weighted by Crippen LogP contribution is -2.54. The maximum atomic E-state index is 12.3. The number of fused-ring (bicyclic) bond motifs is 1. The van der Waals surface area contributed by atoms with Crippen molar-refractivity contribution in [3.63, 3.8) is 0 Å². The van der Waals surface area contributed by atoms with E-state index in [0.29, 0.717) is 31.7 Å². The first-order chi connectivity index (χ1) is 9.67. The minimum Gasteiger partial charge on any atom is -0.381 e. The summed E-state index contributed by atoms with van der Waals surface area (Å²) < 4.78 is 5.25. The molecule has 5 nitrogen and oxygen atoms in total. The third-order valence-electron chi connectivity index (χ3n) is 3.69. The molecule has 1 saturated heterocycles. The molecular formula is C15H19Cl2N3O2. The maximum Gasteiger partial charge on any atom is 0.244 e. The number of para-hydroxylation sites is 1. The number of benzene rings is 1. The Morgan fingerprint density at radius 2 is 1.91 bits per heavy atom. The summed E-state index contributed by atoms with van der Waals surface area (Å²) in [5.41, 5.74) is 6.88. The lowest BCUT2D eigenvalue weighted by molar-refractivity contribution is -0.124. The van der Waals surface area contributed by atoms with Gasteiger partial charge in [-0.3, -0.25) is 9.78 Å². The van der Waals surface area contributed by atoms with Crippen LogP contribution in [0.25, 0.3) is 10.9 Å². The molecule has 1 aromatic carbocycles. The molecule has 1 fully saturated rings. The van der Waals surface area contributed by atoms with Crippen LogP contribution in [-0.4, -0.2) is 29.6 Å². The Kier molecular flexibility index (Phi) is 6.56. The predicted molar refractivity (Wildman–Crippen MR) is 91.8 cm³/mol. The molecule has 3 rings (SSSR count). The molecule has 0 aliphatic carbocycles. The number of hydrogen-bond acceptors (Lipinski definition) is 4. The molecule has 1 aliphatic rings. The summed E-state index contributed by atoms with van der Waals surface area (Å²) in [6, 6.07) is 9.68. The average molecular weight is 344 g/mol. The summed E-state index contributed by atoms with van der Waals surface area (Å²) in [5, 5.41) is 3.85. The summed E-state index contributed by atoms with van der Waals surface area (Å²) in [6.07, 6.45) is 2.74. The van der Waals surface area contributed by atoms with E-state index in [4.69, 9.17) is 10.5 Å². The Labute approximate surface area is 141 Å². The fourth-order valence-corrected chi connectivity index (χ4v) is 2.36. The van der Waals surface area contributed by atoms with Crippen molar-refractivity contribution in [2.45, 2.75) is 18.4 Å². The van der Waals surface area contributed by atoms with E-state index in [9.17, 15) is 4.79 Å². The molecule has 0 unspecified atom stereocenters. The number of ether oxygens (including phenoxy) is 1. The van der Waals surface area contributed by atoms with Gasteiger partial charge in [0.25, 0.3) is 0 Å². The number of pyridine rings is 1. The second-order valence-electron chi connectivity index (χ2n) is 5.14. The third-order valence-corrected chi connectivity index (χ3v) is 3.69. The van der Waals surface area contributed by atoms with E-state index in [1.807, 2.05) is 30.3 Å². The summed E-state index contributed by atoms with van der Waals surface area (Å²) in [5.74, 6) is -0.169. The van der Waals surface area contributed by atoms with E-state index in [0.717, 1.165) is 10.9 Å². The van der Waals surface area contributed by atoms with Crippen LogP contribution in [-0.2, 0) is 9.53 Å². The number of rotatable bonds is 2. The van der Waals surface area contributed by atoms with Gasteiger partial charge in [0.05, 0.1) is 17.4 Å². The van der Waals surface area contributed by atoms with Crippen molar-refractivity contribution in [3.8, 4) is 0 Å². The number of aromatic nitrogens is 1. The molecule has 22 heavy (non-hydrogen) atoms. The molecule has 0 saturated carbocycles. The first kappa shape index (κ1) is 18.6. The Balaban J connectivity index is 0.00000121. The second-order valence-corrected chi connectivity index (χ2v) is 5.14. The smallest absolute Gasteiger partial charge is 0.244 e. The lowest BCUT2D eigenvalue weighted by atomic mass is 9.90. The monoisotopic (exact) mass is 343 g/mol. The van der Waals surface area contributed by atoms with Gasteiger partial charge in [-0.2, -0.15) is 0 Å². The molecule has 2 heterocycles. The molecule has 0 radical (unpaired) electrons. The van der Waals surface area contributed by atoms with Crippen LogP contribution >= 0.6 is 24.8 Å². The predicted octanol–water partition coefficient (Wildman–Crippen LogP) is 2.52. The fourth-order valence-electron chi connectivity index (χ4n) is 2.36. The van der Waals surface area contributed by atoms with E-state index in [2.05, 4.69) is 10.3 Å². The van der Waals surface area contributed by atoms with Crippen molar-refractivity contribution in [1.29, 1.82) is 0 Å². The number of nitrogens with one attached hydrogen (secondary N) is 1. The minimum atomic E-state index is -0.843. The molecule has 2 aromatic rings. The third kappa shape index (κ3) is 3.87. The molecule has 0 spiro atoms. The number of halogens is 2. The van der Waals surface area contributed by atoms with Gasteiger partial charge >= 0.3 is 0 Å². The minimum absolute atomic E-state index is 0. The van der Waals surface area contributed by atoms with Crippen molar-refractivity contribution in [2.24, 2.45) is 5.73 Å². The van der Waals surface area contributed by atoms with Gasteiger partial charge in [0.1, 0.15) is 5.54 Å². The Morgan fingerprint density at radius 1 is 1.23 bits per heavy atom. The van der Waals surface area contributed by atoms with E-state index in [1.165, 1.54) is 0 Å². The summed E-state index contributed by atoms with van der Waals surface area (Å²) in [4.78, 5) is 16.6. The van der Waals surface area contributed by atoms with E-state index < -0.39 is 5.54 Å². The highest BCUT2D eigenvalue weighted by Gasteiger charge is 2.35. The number of hydrogen-bond donors (Lipinski definition) is 2. The van der Waals surface area contributed by atoms with E-state index in [1.54, 1.807) is 6.20 Å². The zero-order valence-electron chi connectivity index (χ0n) is 12.0. The number of carbonyl (C=O) groups is 1. The highest BCUT2D eigenvalue weighted by atomic mass is 35.5. The average Bonchev–Trinajstić information content (AvgIpc) is 2.48. The van der Waals surface area contributed by atoms with Crippen LogP contribution < -0.4 is 11.1 Å². The number of nitrogens with two attached hydrogens (primary N) is 1. The zero-order valence-corrected chi connectivity index (χ0v) is 13.6. The van der Waals surface area contributed by atoms with Crippen LogP contribution in [0.1, 0.15) is 12.8 Å². The van der Waals surface area contributed by atoms with Crippen molar-refractivity contribution in [3.05, 3.63) is 36.5 Å². The molecular weight excluding hydrogens is 325 g/mol. The number of carbonyl (C=O) groups excluding carboxylic acids is 1. The Morgan fingerprint density at radius 3 is 2.64 bits per heavy atom. The van der Waals surface area contributed by atoms with Crippen molar-refractivity contribution < 1.29 is 9.53 Å². The maximum absolute atomic E-state index is 12.3. The van der Waals surface area contributed by atoms with Crippen LogP contribution in [0.15, 0.2) is 36.5 Å². The molecule has 1 aliphatic heterocycles. The molecule has 7 heteroatoms. The van der Waals surface area contributed by atoms with Crippen LogP contribution in [0, 0.1) is 0 Å². The number of amides is 1. The van der Waals surface area contributed by atoms with Crippen LogP contribution in [0.4, 0.5) is 5.69 Å². The molecule has 0 atom stereocenters. The van der Waals surface area contributed by atoms with Gasteiger partial charge in [-0.25, -0.2) is 0 Å². The number of anilines is 1. The first-order valence-electron chi connectivity index (χ1n) is 6.70. The van der Waals surface area contributed by atoms with Gasteiger partial charge in [0.2, 0.25) is 5.91 Å². The fraction of sp³-hybridized carbons (Fsp3) is 0.333. The first-order valence-corrected chi connectivity index (χ1v) is 6.70.